The quantitative estimate of drug-likeness (QED) is 0.899. The summed E-state index contributed by atoms with van der Waals surface area (Å²) in [6.07, 6.45) is 2.95. The van der Waals surface area contributed by atoms with Crippen molar-refractivity contribution in [2.75, 3.05) is 0 Å². The molecule has 0 aliphatic carbocycles. The molecule has 0 spiro atoms. The standard InChI is InChI=1S/C15H19FN2O/c1-3-11-18-14(9-10-17-18)15(19,4-2)12-7-5-6-8-13(12)16/h5-10,19H,3-4,11H2,1-2H3. The molecular formula is C15H19FN2O. The molecule has 1 aromatic heterocycles. The number of halogens is 1. The fourth-order valence-corrected chi connectivity index (χ4v) is 2.38. The smallest absolute Gasteiger partial charge is 0.134 e. The van der Waals surface area contributed by atoms with Gasteiger partial charge in [0.05, 0.1) is 5.69 Å². The molecule has 102 valence electrons. The molecule has 0 saturated carbocycles. The molecule has 3 nitrogen and oxygen atoms in total. The Kier molecular flexibility index (Phi) is 4.00. The number of hydrogen-bond acceptors (Lipinski definition) is 2. The van der Waals surface area contributed by atoms with E-state index >= 15 is 0 Å². The van der Waals surface area contributed by atoms with Gasteiger partial charge in [-0.3, -0.25) is 4.68 Å². The summed E-state index contributed by atoms with van der Waals surface area (Å²) in [7, 11) is 0. The molecule has 1 unspecified atom stereocenters. The number of aromatic nitrogens is 2. The third-order valence-electron chi connectivity index (χ3n) is 3.41. The average Bonchev–Trinajstić information content (AvgIpc) is 2.88. The zero-order valence-electron chi connectivity index (χ0n) is 11.3. The normalized spacial score (nSPS) is 14.3. The Bertz CT molecular complexity index is 553. The van der Waals surface area contributed by atoms with Crippen molar-refractivity contribution in [1.29, 1.82) is 0 Å². The van der Waals surface area contributed by atoms with Crippen LogP contribution in [0.3, 0.4) is 0 Å². The average molecular weight is 262 g/mol. The van der Waals surface area contributed by atoms with Gasteiger partial charge in [0.15, 0.2) is 0 Å². The summed E-state index contributed by atoms with van der Waals surface area (Å²) in [5, 5.41) is 15.1. The van der Waals surface area contributed by atoms with Crippen LogP contribution in [0.2, 0.25) is 0 Å². The Hall–Kier alpha value is -1.68. The Balaban J connectivity index is 2.54. The molecule has 1 N–H and O–H groups in total. The van der Waals surface area contributed by atoms with Crippen LogP contribution in [-0.4, -0.2) is 14.9 Å². The lowest BCUT2D eigenvalue weighted by Crippen LogP contribution is -2.31. The van der Waals surface area contributed by atoms with E-state index in [-0.39, 0.29) is 0 Å². The zero-order chi connectivity index (χ0) is 13.9. The maximum Gasteiger partial charge on any atom is 0.134 e. The highest BCUT2D eigenvalue weighted by Crippen LogP contribution is 2.34. The minimum atomic E-state index is -1.34. The second-order valence-corrected chi connectivity index (χ2v) is 4.63. The van der Waals surface area contributed by atoms with E-state index in [0.717, 1.165) is 6.42 Å². The summed E-state index contributed by atoms with van der Waals surface area (Å²) in [4.78, 5) is 0. The first-order valence-electron chi connectivity index (χ1n) is 6.63. The van der Waals surface area contributed by atoms with E-state index in [0.29, 0.717) is 24.2 Å². The lowest BCUT2D eigenvalue weighted by molar-refractivity contribution is 0.0626. The van der Waals surface area contributed by atoms with Crippen molar-refractivity contribution in [3.63, 3.8) is 0 Å². The van der Waals surface area contributed by atoms with Crippen molar-refractivity contribution in [2.45, 2.75) is 38.8 Å². The summed E-state index contributed by atoms with van der Waals surface area (Å²) in [5.74, 6) is -0.393. The van der Waals surface area contributed by atoms with Gasteiger partial charge in [-0.25, -0.2) is 4.39 Å². The topological polar surface area (TPSA) is 38.0 Å². The number of aliphatic hydroxyl groups is 1. The van der Waals surface area contributed by atoms with Crippen LogP contribution < -0.4 is 0 Å². The number of benzene rings is 1. The van der Waals surface area contributed by atoms with Crippen LogP contribution in [0.5, 0.6) is 0 Å². The third-order valence-corrected chi connectivity index (χ3v) is 3.41. The Morgan fingerprint density at radius 3 is 2.63 bits per heavy atom. The van der Waals surface area contributed by atoms with E-state index in [1.807, 2.05) is 13.8 Å². The summed E-state index contributed by atoms with van der Waals surface area (Å²) >= 11 is 0. The molecule has 0 amide bonds. The van der Waals surface area contributed by atoms with Crippen molar-refractivity contribution in [2.24, 2.45) is 0 Å². The second-order valence-electron chi connectivity index (χ2n) is 4.63. The molecule has 0 aliphatic heterocycles. The van der Waals surface area contributed by atoms with E-state index in [4.69, 9.17) is 0 Å². The van der Waals surface area contributed by atoms with Gasteiger partial charge in [-0.1, -0.05) is 32.0 Å². The van der Waals surface area contributed by atoms with E-state index in [1.165, 1.54) is 6.07 Å². The number of nitrogens with zero attached hydrogens (tertiary/aromatic N) is 2. The molecule has 4 heteroatoms. The first kappa shape index (κ1) is 13.7. The van der Waals surface area contributed by atoms with E-state index < -0.39 is 11.4 Å². The highest BCUT2D eigenvalue weighted by Gasteiger charge is 2.35. The molecule has 0 radical (unpaired) electrons. The SMILES string of the molecule is CCCn1nccc1C(O)(CC)c1ccccc1F. The fraction of sp³-hybridized carbons (Fsp3) is 0.400. The van der Waals surface area contributed by atoms with Crippen LogP contribution in [0.1, 0.15) is 37.9 Å². The summed E-state index contributed by atoms with van der Waals surface area (Å²) < 4.78 is 15.7. The van der Waals surface area contributed by atoms with E-state index in [9.17, 15) is 9.50 Å². The maximum absolute atomic E-state index is 14.0. The lowest BCUT2D eigenvalue weighted by Gasteiger charge is -2.28. The molecule has 0 fully saturated rings. The molecule has 19 heavy (non-hydrogen) atoms. The van der Waals surface area contributed by atoms with Crippen molar-refractivity contribution >= 4 is 0 Å². The van der Waals surface area contributed by atoms with Crippen molar-refractivity contribution in [3.8, 4) is 0 Å². The summed E-state index contributed by atoms with van der Waals surface area (Å²) in [6.45, 7) is 4.59. The maximum atomic E-state index is 14.0. The Morgan fingerprint density at radius 1 is 1.26 bits per heavy atom. The molecule has 1 heterocycles. The molecule has 0 bridgehead atoms. The van der Waals surface area contributed by atoms with Gasteiger partial charge in [0, 0.05) is 18.3 Å². The predicted molar refractivity (Wildman–Crippen MR) is 72.2 cm³/mol. The molecule has 2 rings (SSSR count). The van der Waals surface area contributed by atoms with E-state index in [1.54, 1.807) is 35.1 Å². The minimum Gasteiger partial charge on any atom is -0.379 e. The van der Waals surface area contributed by atoms with Gasteiger partial charge in [-0.2, -0.15) is 5.10 Å². The van der Waals surface area contributed by atoms with Gasteiger partial charge in [0.1, 0.15) is 11.4 Å². The van der Waals surface area contributed by atoms with Gasteiger partial charge in [0.25, 0.3) is 0 Å². The van der Waals surface area contributed by atoms with Crippen LogP contribution in [-0.2, 0) is 12.1 Å². The first-order valence-corrected chi connectivity index (χ1v) is 6.63. The van der Waals surface area contributed by atoms with Crippen molar-refractivity contribution in [1.82, 2.24) is 9.78 Å². The molecule has 1 aromatic carbocycles. The number of hydrogen-bond donors (Lipinski definition) is 1. The van der Waals surface area contributed by atoms with Crippen LogP contribution in [0, 0.1) is 5.82 Å². The molecule has 2 aromatic rings. The Labute approximate surface area is 112 Å². The first-order chi connectivity index (χ1) is 9.13. The monoisotopic (exact) mass is 262 g/mol. The van der Waals surface area contributed by atoms with Gasteiger partial charge in [-0.05, 0) is 25.0 Å². The highest BCUT2D eigenvalue weighted by molar-refractivity contribution is 5.33. The van der Waals surface area contributed by atoms with Gasteiger partial charge >= 0.3 is 0 Å². The third kappa shape index (κ3) is 2.40. The Morgan fingerprint density at radius 2 is 2.00 bits per heavy atom. The fourth-order valence-electron chi connectivity index (χ4n) is 2.38. The van der Waals surface area contributed by atoms with Gasteiger partial charge in [0.2, 0.25) is 0 Å². The molecule has 0 saturated heterocycles. The van der Waals surface area contributed by atoms with Crippen molar-refractivity contribution in [3.05, 3.63) is 53.6 Å². The van der Waals surface area contributed by atoms with Crippen LogP contribution in [0.4, 0.5) is 4.39 Å². The zero-order valence-corrected chi connectivity index (χ0v) is 11.3. The predicted octanol–water partition coefficient (Wildman–Crippen LogP) is 3.08. The minimum absolute atomic E-state index is 0.301. The summed E-state index contributed by atoms with van der Waals surface area (Å²) in [6, 6.07) is 8.11. The van der Waals surface area contributed by atoms with Gasteiger partial charge in [-0.15, -0.1) is 0 Å². The number of aryl methyl sites for hydroxylation is 1. The highest BCUT2D eigenvalue weighted by atomic mass is 19.1. The van der Waals surface area contributed by atoms with Crippen LogP contribution in [0.15, 0.2) is 36.5 Å². The van der Waals surface area contributed by atoms with Crippen LogP contribution in [0.25, 0.3) is 0 Å². The van der Waals surface area contributed by atoms with Crippen molar-refractivity contribution < 1.29 is 9.50 Å². The molecule has 1 atom stereocenters. The van der Waals surface area contributed by atoms with Crippen LogP contribution >= 0.6 is 0 Å². The summed E-state index contributed by atoms with van der Waals surface area (Å²) in [5.41, 5.74) is -0.394. The molecule has 0 aliphatic rings. The van der Waals surface area contributed by atoms with E-state index in [2.05, 4.69) is 5.10 Å². The molecular weight excluding hydrogens is 243 g/mol. The largest absolute Gasteiger partial charge is 0.379 e. The van der Waals surface area contributed by atoms with Gasteiger partial charge < -0.3 is 5.11 Å². The second kappa shape index (κ2) is 5.53. The lowest BCUT2D eigenvalue weighted by atomic mass is 9.87. The number of rotatable bonds is 5.